The monoisotopic (exact) mass is 385 g/mol. The molecule has 3 heteroatoms. The largest absolute Gasteiger partial charge is 0.435 e. The Morgan fingerprint density at radius 3 is 3.10 bits per heavy atom. The van der Waals surface area contributed by atoms with E-state index in [4.69, 9.17) is 0 Å². The van der Waals surface area contributed by atoms with E-state index in [0.29, 0.717) is 0 Å². The van der Waals surface area contributed by atoms with Gasteiger partial charge in [0.2, 0.25) is 0 Å². The maximum absolute atomic E-state index is 4.10. The van der Waals surface area contributed by atoms with Crippen molar-refractivity contribution in [3.63, 3.8) is 0 Å². The van der Waals surface area contributed by atoms with E-state index in [1.165, 1.54) is 5.70 Å². The minimum Gasteiger partial charge on any atom is -0.435 e. The van der Waals surface area contributed by atoms with Crippen LogP contribution in [0.15, 0.2) is 16.8 Å². The molecule has 1 aliphatic heterocycles. The Morgan fingerprint density at radius 1 is 1.70 bits per heavy atom. The Labute approximate surface area is 55.7 Å². The van der Waals surface area contributed by atoms with E-state index in [1.54, 1.807) is 6.34 Å². The van der Waals surface area contributed by atoms with Crippen LogP contribution in [0, 0.1) is 6.04 Å². The topological polar surface area (TPSA) is 24.4 Å². The molecular weight excluding hydrogens is 374 g/mol. The number of allylic oxidation sites excluding steroid dienone is 1. The SMILES string of the molecule is CC1=CC[C-](C)N=CN1.[Lr]. The Balaban J connectivity index is 0.000000810. The van der Waals surface area contributed by atoms with Gasteiger partial charge in [-0.2, -0.15) is 0 Å². The number of aliphatic imine (C=N–C) groups is 1. The van der Waals surface area contributed by atoms with Gasteiger partial charge >= 0.3 is 0 Å². The molecule has 1 aliphatic rings. The van der Waals surface area contributed by atoms with Crippen molar-refractivity contribution in [2.24, 2.45) is 4.99 Å². The molecule has 0 amide bonds. The summed E-state index contributed by atoms with van der Waals surface area (Å²) in [5.41, 5.74) is 1.18. The first-order valence-electron chi connectivity index (χ1n) is 3.07. The van der Waals surface area contributed by atoms with Crippen molar-refractivity contribution in [1.82, 2.24) is 5.32 Å². The summed E-state index contributed by atoms with van der Waals surface area (Å²) in [4.78, 5) is 4.10. The van der Waals surface area contributed by atoms with Crippen LogP contribution in [0.3, 0.4) is 0 Å². The van der Waals surface area contributed by atoms with E-state index in [2.05, 4.69) is 16.4 Å². The van der Waals surface area contributed by atoms with Gasteiger partial charge in [0.15, 0.2) is 0 Å². The molecule has 0 saturated heterocycles. The maximum atomic E-state index is 4.10. The van der Waals surface area contributed by atoms with Crippen molar-refractivity contribution < 1.29 is 0 Å². The second-order valence-corrected chi connectivity index (χ2v) is 2.23. The maximum Gasteiger partial charge on any atom is 0 e. The van der Waals surface area contributed by atoms with Crippen LogP contribution in [0.5, 0.6) is 0 Å². The van der Waals surface area contributed by atoms with Crippen LogP contribution < -0.4 is 5.32 Å². The summed E-state index contributed by atoms with van der Waals surface area (Å²) in [7, 11) is 0. The molecule has 1 N–H and O–H groups in total. The Bertz CT molecular complexity index is 152. The zero-order valence-electron chi connectivity index (χ0n) is 6.07. The Morgan fingerprint density at radius 2 is 2.40 bits per heavy atom. The summed E-state index contributed by atoms with van der Waals surface area (Å²) in [5, 5.41) is 3.02. The van der Waals surface area contributed by atoms with Crippen LogP contribution in [0.4, 0.5) is 0 Å². The van der Waals surface area contributed by atoms with Gasteiger partial charge in [-0.25, -0.2) is 0 Å². The summed E-state index contributed by atoms with van der Waals surface area (Å²) in [6, 6.07) is 1.15. The molecule has 0 unspecified atom stereocenters. The molecule has 1 heterocycles. The van der Waals surface area contributed by atoms with Crippen molar-refractivity contribution in [1.29, 1.82) is 0 Å². The van der Waals surface area contributed by atoms with Crippen LogP contribution in [0.25, 0.3) is 0 Å². The number of nitrogens with one attached hydrogen (secondary N) is 1. The summed E-state index contributed by atoms with van der Waals surface area (Å²) >= 11 is 0. The van der Waals surface area contributed by atoms with Gasteiger partial charge in [0.05, 0.1) is 0 Å². The molecular formula is C7H11LrN2-. The van der Waals surface area contributed by atoms with E-state index >= 15 is 0 Å². The first kappa shape index (κ1) is 8.08. The average molecular weight is 385 g/mol. The van der Waals surface area contributed by atoms with E-state index < -0.39 is 0 Å². The van der Waals surface area contributed by atoms with Crippen molar-refractivity contribution in [2.45, 2.75) is 20.3 Å². The van der Waals surface area contributed by atoms with Crippen LogP contribution in [0.1, 0.15) is 20.3 Å². The minimum atomic E-state index is 0. The summed E-state index contributed by atoms with van der Waals surface area (Å²) in [6.07, 6.45) is 4.83. The molecule has 0 spiro atoms. The predicted molar refractivity (Wildman–Crippen MR) is 38.9 cm³/mol. The van der Waals surface area contributed by atoms with Crippen LogP contribution in [-0.2, 0) is 0 Å². The summed E-state index contributed by atoms with van der Waals surface area (Å²) in [5.74, 6) is 0. The molecule has 0 aliphatic carbocycles. The van der Waals surface area contributed by atoms with Gasteiger partial charge in [-0.1, -0.05) is 25.8 Å². The first-order valence-corrected chi connectivity index (χ1v) is 3.07. The molecule has 2 nitrogen and oxygen atoms in total. The number of hydrogen-bond donors (Lipinski definition) is 1. The van der Waals surface area contributed by atoms with E-state index in [0.717, 1.165) is 12.5 Å². The van der Waals surface area contributed by atoms with E-state index in [9.17, 15) is 0 Å². The van der Waals surface area contributed by atoms with Crippen molar-refractivity contribution >= 4 is 6.34 Å². The molecule has 1 radical (unpaired) electrons. The fourth-order valence-electron chi connectivity index (χ4n) is 0.657. The molecule has 0 saturated carbocycles. The summed E-state index contributed by atoms with van der Waals surface area (Å²) < 4.78 is 0. The van der Waals surface area contributed by atoms with Gasteiger partial charge in [0.1, 0.15) is 0 Å². The van der Waals surface area contributed by atoms with Crippen molar-refractivity contribution in [2.75, 3.05) is 0 Å². The second-order valence-electron chi connectivity index (χ2n) is 2.23. The predicted octanol–water partition coefficient (Wildman–Crippen LogP) is 1.46. The molecule has 0 atom stereocenters. The zero-order valence-corrected chi connectivity index (χ0v) is 8.22. The quantitative estimate of drug-likeness (QED) is 0.628. The fraction of sp³-hybridized carbons (Fsp3) is 0.429. The van der Waals surface area contributed by atoms with Gasteiger partial charge in [0, 0.05) is 0 Å². The molecule has 1 rings (SSSR count). The molecule has 0 fully saturated rings. The van der Waals surface area contributed by atoms with E-state index in [-0.39, 0.29) is 0 Å². The van der Waals surface area contributed by atoms with Gasteiger partial charge < -0.3 is 10.3 Å². The van der Waals surface area contributed by atoms with Crippen LogP contribution in [-0.4, -0.2) is 6.34 Å². The van der Waals surface area contributed by atoms with Gasteiger partial charge in [0.25, 0.3) is 0 Å². The van der Waals surface area contributed by atoms with Crippen molar-refractivity contribution in [3.8, 4) is 0 Å². The second kappa shape index (κ2) is 3.17. The van der Waals surface area contributed by atoms with Gasteiger partial charge in [-0.15, -0.1) is 6.04 Å². The standard InChI is InChI=1S/C7H11N2.Lr/c1-6-3-4-7(2)9-5-8-6;/h3,5H,4H2,1-2H3,(H,8,9);/q-1;. The third-order valence-electron chi connectivity index (χ3n) is 1.28. The first-order chi connectivity index (χ1) is 4.29. The average Bonchev–Trinajstić information content (AvgIpc) is 1.97. The third-order valence-corrected chi connectivity index (χ3v) is 1.28. The van der Waals surface area contributed by atoms with Crippen LogP contribution in [0.2, 0.25) is 0 Å². The van der Waals surface area contributed by atoms with Gasteiger partial charge in [-0.3, -0.25) is 0 Å². The molecule has 0 aromatic rings. The molecule has 0 aromatic carbocycles. The van der Waals surface area contributed by atoms with E-state index in [1.807, 2.05) is 13.8 Å². The van der Waals surface area contributed by atoms with Crippen LogP contribution >= 0.6 is 0 Å². The van der Waals surface area contributed by atoms with Gasteiger partial charge in [-0.05, 0) is 12.6 Å². The smallest absolute Gasteiger partial charge is 0 e. The molecule has 10 heavy (non-hydrogen) atoms. The zero-order chi connectivity index (χ0) is 6.69. The van der Waals surface area contributed by atoms with Crippen molar-refractivity contribution in [3.05, 3.63) is 17.8 Å². The normalized spacial score (nSPS) is 16.6. The Hall–Kier alpha value is -1.92. The molecule has 0 aromatic heterocycles. The number of rotatable bonds is 0. The fourth-order valence-corrected chi connectivity index (χ4v) is 0.657. The number of hydrogen-bond acceptors (Lipinski definition) is 2. The third kappa shape index (κ3) is 1.90. The minimum absolute atomic E-state index is 0. The Kier molecular flexibility index (Phi) is 2.56. The summed E-state index contributed by atoms with van der Waals surface area (Å²) in [6.45, 7) is 4.05. The molecule has 65 valence electrons. The number of nitrogens with zero attached hydrogens (tertiary/aromatic N) is 1. The molecule has 0 bridgehead atoms.